The molecular formula is C17H19FN2O3S. The second-order valence-corrected chi connectivity index (χ2v) is 7.45. The smallest absolute Gasteiger partial charge is 0.227 e. The van der Waals surface area contributed by atoms with Crippen molar-refractivity contribution in [1.29, 1.82) is 0 Å². The summed E-state index contributed by atoms with van der Waals surface area (Å²) in [5.74, 6) is -0.639. The van der Waals surface area contributed by atoms with Crippen LogP contribution in [0, 0.1) is 12.7 Å². The zero-order valence-corrected chi connectivity index (χ0v) is 14.6. The van der Waals surface area contributed by atoms with E-state index in [0.29, 0.717) is 11.1 Å². The number of anilines is 1. The van der Waals surface area contributed by atoms with E-state index in [2.05, 4.69) is 4.98 Å². The van der Waals surface area contributed by atoms with E-state index in [0.717, 1.165) is 6.26 Å². The molecule has 0 atom stereocenters. The molecule has 1 amide bonds. The molecular weight excluding hydrogens is 331 g/mol. The summed E-state index contributed by atoms with van der Waals surface area (Å²) in [6.45, 7) is 3.40. The summed E-state index contributed by atoms with van der Waals surface area (Å²) in [7, 11) is -3.61. The van der Waals surface area contributed by atoms with Crippen LogP contribution < -0.4 is 4.90 Å². The van der Waals surface area contributed by atoms with Crippen LogP contribution in [-0.2, 0) is 21.2 Å². The molecule has 0 bridgehead atoms. The number of amides is 1. The van der Waals surface area contributed by atoms with Crippen molar-refractivity contribution in [2.24, 2.45) is 0 Å². The van der Waals surface area contributed by atoms with Gasteiger partial charge in [-0.15, -0.1) is 0 Å². The molecule has 0 unspecified atom stereocenters. The number of rotatable bonds is 5. The number of aromatic nitrogens is 1. The monoisotopic (exact) mass is 350 g/mol. The Morgan fingerprint density at radius 2 is 2.00 bits per heavy atom. The van der Waals surface area contributed by atoms with Gasteiger partial charge in [0.05, 0.1) is 12.2 Å². The van der Waals surface area contributed by atoms with Crippen molar-refractivity contribution < 1.29 is 17.6 Å². The fraction of sp³-hybridized carbons (Fsp3) is 0.294. The fourth-order valence-electron chi connectivity index (χ4n) is 2.29. The van der Waals surface area contributed by atoms with Gasteiger partial charge in [0.15, 0.2) is 14.9 Å². The quantitative estimate of drug-likeness (QED) is 0.831. The lowest BCUT2D eigenvalue weighted by Crippen LogP contribution is -2.31. The molecule has 0 aliphatic carbocycles. The number of carbonyl (C=O) groups is 1. The van der Waals surface area contributed by atoms with Crippen LogP contribution in [0.3, 0.4) is 0 Å². The predicted octanol–water partition coefficient (Wildman–Crippen LogP) is 2.88. The molecule has 0 saturated carbocycles. The Morgan fingerprint density at radius 1 is 1.29 bits per heavy atom. The van der Waals surface area contributed by atoms with Gasteiger partial charge in [0.25, 0.3) is 0 Å². The summed E-state index contributed by atoms with van der Waals surface area (Å²) >= 11 is 0. The molecule has 2 rings (SSSR count). The molecule has 5 nitrogen and oxygen atoms in total. The van der Waals surface area contributed by atoms with Gasteiger partial charge in [-0.2, -0.15) is 0 Å². The Balaban J connectivity index is 2.51. The van der Waals surface area contributed by atoms with E-state index in [1.54, 1.807) is 32.0 Å². The molecule has 0 aliphatic heterocycles. The van der Waals surface area contributed by atoms with Crippen molar-refractivity contribution in [2.75, 3.05) is 11.2 Å². The molecule has 24 heavy (non-hydrogen) atoms. The molecule has 128 valence electrons. The summed E-state index contributed by atoms with van der Waals surface area (Å²) in [5, 5.41) is -0.167. The normalized spacial score (nSPS) is 11.3. The van der Waals surface area contributed by atoms with Crippen LogP contribution in [0.4, 0.5) is 10.1 Å². The molecule has 7 heteroatoms. The average Bonchev–Trinajstić information content (AvgIpc) is 2.54. The zero-order chi connectivity index (χ0) is 17.9. The lowest BCUT2D eigenvalue weighted by Gasteiger charge is -2.24. The second-order valence-electron chi connectivity index (χ2n) is 5.52. The Bertz CT molecular complexity index is 866. The maximum Gasteiger partial charge on any atom is 0.227 e. The fourth-order valence-corrected chi connectivity index (χ4v) is 3.10. The van der Waals surface area contributed by atoms with Gasteiger partial charge in [-0.3, -0.25) is 4.79 Å². The molecule has 1 heterocycles. The van der Waals surface area contributed by atoms with Crippen molar-refractivity contribution in [3.63, 3.8) is 0 Å². The number of aryl methyl sites for hydroxylation is 1. The highest BCUT2D eigenvalue weighted by Gasteiger charge is 2.23. The topological polar surface area (TPSA) is 67.3 Å². The molecule has 2 aromatic rings. The van der Waals surface area contributed by atoms with E-state index in [4.69, 9.17) is 0 Å². The van der Waals surface area contributed by atoms with Crippen LogP contribution in [0.1, 0.15) is 24.5 Å². The number of hydrogen-bond donors (Lipinski definition) is 0. The maximum atomic E-state index is 13.8. The van der Waals surface area contributed by atoms with Gasteiger partial charge in [-0.05, 0) is 36.2 Å². The SMILES string of the molecule is CCC(=O)N(Cc1ccc(C)c(F)c1)c1cccnc1S(C)(=O)=O. The number of benzene rings is 1. The van der Waals surface area contributed by atoms with Crippen molar-refractivity contribution in [1.82, 2.24) is 4.98 Å². The number of carbonyl (C=O) groups excluding carboxylic acids is 1. The van der Waals surface area contributed by atoms with Gasteiger partial charge in [0.1, 0.15) is 5.82 Å². The summed E-state index contributed by atoms with van der Waals surface area (Å²) in [6.07, 6.45) is 2.59. The number of pyridine rings is 1. The van der Waals surface area contributed by atoms with E-state index in [9.17, 15) is 17.6 Å². The third-order valence-electron chi connectivity index (χ3n) is 3.57. The van der Waals surface area contributed by atoms with Gasteiger partial charge in [0, 0.05) is 18.9 Å². The first kappa shape index (κ1) is 18.1. The van der Waals surface area contributed by atoms with E-state index in [1.165, 1.54) is 23.2 Å². The highest BCUT2D eigenvalue weighted by Crippen LogP contribution is 2.25. The van der Waals surface area contributed by atoms with Crippen LogP contribution in [0.25, 0.3) is 0 Å². The lowest BCUT2D eigenvalue weighted by molar-refractivity contribution is -0.118. The molecule has 0 aliphatic rings. The summed E-state index contributed by atoms with van der Waals surface area (Å²) in [6, 6.07) is 7.78. The van der Waals surface area contributed by atoms with E-state index < -0.39 is 9.84 Å². The van der Waals surface area contributed by atoms with Crippen LogP contribution in [0.2, 0.25) is 0 Å². The van der Waals surface area contributed by atoms with Gasteiger partial charge < -0.3 is 4.90 Å². The number of hydrogen-bond acceptors (Lipinski definition) is 4. The largest absolute Gasteiger partial charge is 0.305 e. The van der Waals surface area contributed by atoms with E-state index in [1.807, 2.05) is 0 Å². The van der Waals surface area contributed by atoms with Crippen molar-refractivity contribution in [2.45, 2.75) is 31.8 Å². The Morgan fingerprint density at radius 3 is 2.58 bits per heavy atom. The maximum absolute atomic E-state index is 13.8. The van der Waals surface area contributed by atoms with Gasteiger partial charge >= 0.3 is 0 Å². The average molecular weight is 350 g/mol. The van der Waals surface area contributed by atoms with Crippen LogP contribution in [-0.4, -0.2) is 25.6 Å². The highest BCUT2D eigenvalue weighted by atomic mass is 32.2. The summed E-state index contributed by atoms with van der Waals surface area (Å²) in [4.78, 5) is 17.6. The summed E-state index contributed by atoms with van der Waals surface area (Å²) in [5.41, 5.74) is 1.28. The van der Waals surface area contributed by atoms with Crippen molar-refractivity contribution >= 4 is 21.4 Å². The first-order valence-corrected chi connectivity index (χ1v) is 9.33. The van der Waals surface area contributed by atoms with Gasteiger partial charge in [0.2, 0.25) is 5.91 Å². The Labute approximate surface area is 141 Å². The highest BCUT2D eigenvalue weighted by molar-refractivity contribution is 7.90. The van der Waals surface area contributed by atoms with Crippen LogP contribution in [0.5, 0.6) is 0 Å². The van der Waals surface area contributed by atoms with Gasteiger partial charge in [-0.25, -0.2) is 17.8 Å². The molecule has 1 aromatic carbocycles. The number of sulfone groups is 1. The number of halogens is 1. The minimum Gasteiger partial charge on any atom is -0.305 e. The molecule has 0 spiro atoms. The zero-order valence-electron chi connectivity index (χ0n) is 13.8. The molecule has 0 radical (unpaired) electrons. The van der Waals surface area contributed by atoms with E-state index >= 15 is 0 Å². The third kappa shape index (κ3) is 3.97. The summed E-state index contributed by atoms with van der Waals surface area (Å²) < 4.78 is 37.7. The van der Waals surface area contributed by atoms with Crippen molar-refractivity contribution in [3.05, 3.63) is 53.5 Å². The molecule has 0 saturated heterocycles. The lowest BCUT2D eigenvalue weighted by atomic mass is 10.1. The van der Waals surface area contributed by atoms with Crippen molar-refractivity contribution in [3.8, 4) is 0 Å². The number of nitrogens with zero attached hydrogens (tertiary/aromatic N) is 2. The first-order valence-electron chi connectivity index (χ1n) is 7.44. The third-order valence-corrected chi connectivity index (χ3v) is 4.59. The molecule has 1 aromatic heterocycles. The Hall–Kier alpha value is -2.28. The minimum absolute atomic E-state index is 0.0675. The molecule has 0 fully saturated rings. The standard InChI is InChI=1S/C17H19FN2O3S/c1-4-16(21)20(11-13-8-7-12(2)14(18)10-13)15-6-5-9-19-17(15)24(3,22)23/h5-10H,4,11H2,1-3H3. The van der Waals surface area contributed by atoms with Crippen LogP contribution >= 0.6 is 0 Å². The van der Waals surface area contributed by atoms with Gasteiger partial charge in [-0.1, -0.05) is 19.1 Å². The second kappa shape index (κ2) is 7.09. The van der Waals surface area contributed by atoms with E-state index in [-0.39, 0.29) is 35.4 Å². The predicted molar refractivity (Wildman–Crippen MR) is 90.0 cm³/mol. The molecule has 0 N–H and O–H groups in total. The Kier molecular flexibility index (Phi) is 5.33. The minimum atomic E-state index is -3.61. The first-order chi connectivity index (χ1) is 11.2. The van der Waals surface area contributed by atoms with Crippen LogP contribution in [0.15, 0.2) is 41.6 Å².